The number of benzene rings is 1. The molecule has 0 radical (unpaired) electrons. The predicted octanol–water partition coefficient (Wildman–Crippen LogP) is 3.91. The number of carbonyl (C=O) groups is 1. The Balaban J connectivity index is 2.24. The molecule has 0 saturated carbocycles. The Kier molecular flexibility index (Phi) is 3.79. The summed E-state index contributed by atoms with van der Waals surface area (Å²) in [7, 11) is 0. The molecule has 4 nitrogen and oxygen atoms in total. The van der Waals surface area contributed by atoms with Gasteiger partial charge in [0.25, 0.3) is 0 Å². The number of anilines is 1. The van der Waals surface area contributed by atoms with Crippen molar-refractivity contribution in [2.75, 3.05) is 5.32 Å². The van der Waals surface area contributed by atoms with Crippen molar-refractivity contribution in [1.29, 1.82) is 0 Å². The molecule has 0 bridgehead atoms. The number of rotatable bonds is 4. The summed E-state index contributed by atoms with van der Waals surface area (Å²) in [6.45, 7) is 5.67. The van der Waals surface area contributed by atoms with Gasteiger partial charge in [0.15, 0.2) is 0 Å². The fourth-order valence-electron chi connectivity index (χ4n) is 2.19. The van der Waals surface area contributed by atoms with Gasteiger partial charge < -0.3 is 14.8 Å². The van der Waals surface area contributed by atoms with Crippen LogP contribution >= 0.6 is 0 Å². The van der Waals surface area contributed by atoms with E-state index in [0.717, 1.165) is 23.2 Å². The van der Waals surface area contributed by atoms with E-state index in [1.807, 2.05) is 26.8 Å². The molecule has 20 heavy (non-hydrogen) atoms. The Morgan fingerprint density at radius 1 is 1.35 bits per heavy atom. The average Bonchev–Trinajstić information content (AvgIpc) is 2.70. The summed E-state index contributed by atoms with van der Waals surface area (Å²) in [6, 6.07) is 5.80. The van der Waals surface area contributed by atoms with Gasteiger partial charge in [-0.3, -0.25) is 0 Å². The van der Waals surface area contributed by atoms with Gasteiger partial charge in [0, 0.05) is 11.3 Å². The monoisotopic (exact) mass is 277 g/mol. The zero-order valence-corrected chi connectivity index (χ0v) is 11.5. The van der Waals surface area contributed by atoms with E-state index in [0.29, 0.717) is 5.69 Å². The van der Waals surface area contributed by atoms with Gasteiger partial charge in [-0.15, -0.1) is 0 Å². The molecule has 1 heterocycles. The second-order valence-corrected chi connectivity index (χ2v) is 4.73. The van der Waals surface area contributed by atoms with Crippen LogP contribution in [0, 0.1) is 19.7 Å². The Bertz CT molecular complexity index is 649. The van der Waals surface area contributed by atoms with Crippen molar-refractivity contribution in [2.24, 2.45) is 0 Å². The number of aryl methyl sites for hydroxylation is 2. The Labute approximate surface area is 116 Å². The summed E-state index contributed by atoms with van der Waals surface area (Å²) in [6.07, 6.45) is 0. The minimum atomic E-state index is -1.28. The lowest BCUT2D eigenvalue weighted by Crippen LogP contribution is -2.08. The lowest BCUT2D eigenvalue weighted by Gasteiger charge is -2.15. The normalized spacial score (nSPS) is 12.2. The van der Waals surface area contributed by atoms with Gasteiger partial charge in [-0.2, -0.15) is 0 Å². The minimum Gasteiger partial charge on any atom is -0.478 e. The van der Waals surface area contributed by atoms with Crippen molar-refractivity contribution < 1.29 is 18.7 Å². The maximum absolute atomic E-state index is 13.3. The first-order valence-corrected chi connectivity index (χ1v) is 6.25. The van der Waals surface area contributed by atoms with E-state index in [4.69, 9.17) is 9.52 Å². The van der Waals surface area contributed by atoms with E-state index in [9.17, 15) is 9.18 Å². The fraction of sp³-hybridized carbons (Fsp3) is 0.267. The van der Waals surface area contributed by atoms with E-state index in [2.05, 4.69) is 5.32 Å². The van der Waals surface area contributed by atoms with Crippen molar-refractivity contribution >= 4 is 11.7 Å². The summed E-state index contributed by atoms with van der Waals surface area (Å²) in [5.74, 6) is -0.403. The number of carboxylic acid groups (broad SMARTS) is 1. The molecule has 0 saturated heterocycles. The second-order valence-electron chi connectivity index (χ2n) is 4.73. The van der Waals surface area contributed by atoms with Crippen LogP contribution in [0.15, 0.2) is 28.7 Å². The molecule has 5 heteroatoms. The number of nitrogens with one attached hydrogen (secondary N) is 1. The Hall–Kier alpha value is -2.30. The topological polar surface area (TPSA) is 62.5 Å². The Morgan fingerprint density at radius 3 is 2.60 bits per heavy atom. The summed E-state index contributed by atoms with van der Waals surface area (Å²) in [5.41, 5.74) is 1.19. The highest BCUT2D eigenvalue weighted by atomic mass is 19.1. The van der Waals surface area contributed by atoms with Crippen LogP contribution in [0.2, 0.25) is 0 Å². The lowest BCUT2D eigenvalue weighted by molar-refractivity contribution is 0.0692. The fourth-order valence-corrected chi connectivity index (χ4v) is 2.19. The maximum atomic E-state index is 13.3. The van der Waals surface area contributed by atoms with Gasteiger partial charge in [-0.1, -0.05) is 0 Å². The van der Waals surface area contributed by atoms with Gasteiger partial charge in [0.2, 0.25) is 0 Å². The summed E-state index contributed by atoms with van der Waals surface area (Å²) in [4.78, 5) is 10.9. The third-order valence-corrected chi connectivity index (χ3v) is 3.13. The van der Waals surface area contributed by atoms with E-state index in [-0.39, 0.29) is 11.6 Å². The lowest BCUT2D eigenvalue weighted by atomic mass is 10.1. The first-order valence-electron chi connectivity index (χ1n) is 6.25. The SMILES string of the molecule is Cc1cc(C(C)Nc2ccc(F)c(C(=O)O)c2)c(C)o1. The van der Waals surface area contributed by atoms with Crippen molar-refractivity contribution in [3.8, 4) is 0 Å². The van der Waals surface area contributed by atoms with Crippen LogP contribution in [-0.4, -0.2) is 11.1 Å². The molecule has 0 aliphatic rings. The molecule has 1 atom stereocenters. The van der Waals surface area contributed by atoms with Crippen molar-refractivity contribution in [1.82, 2.24) is 0 Å². The standard InChI is InChI=1S/C15H16FNO3/c1-8-6-12(10(3)20-8)9(2)17-11-4-5-14(16)13(7-11)15(18)19/h4-7,9,17H,1-3H3,(H,18,19). The number of hydrogen-bond acceptors (Lipinski definition) is 3. The zero-order chi connectivity index (χ0) is 14.9. The molecular formula is C15H16FNO3. The Morgan fingerprint density at radius 2 is 2.05 bits per heavy atom. The molecule has 0 fully saturated rings. The van der Waals surface area contributed by atoms with Crippen molar-refractivity contribution in [3.05, 3.63) is 52.7 Å². The molecule has 2 N–H and O–H groups in total. The highest BCUT2D eigenvalue weighted by molar-refractivity contribution is 5.89. The summed E-state index contributed by atoms with van der Waals surface area (Å²) < 4.78 is 18.8. The van der Waals surface area contributed by atoms with Crippen molar-refractivity contribution in [2.45, 2.75) is 26.8 Å². The van der Waals surface area contributed by atoms with Gasteiger partial charge in [-0.05, 0) is 45.0 Å². The van der Waals surface area contributed by atoms with Gasteiger partial charge in [-0.25, -0.2) is 9.18 Å². The van der Waals surface area contributed by atoms with Crippen molar-refractivity contribution in [3.63, 3.8) is 0 Å². The van der Waals surface area contributed by atoms with Crippen LogP contribution in [0.4, 0.5) is 10.1 Å². The molecular weight excluding hydrogens is 261 g/mol. The second kappa shape index (κ2) is 5.36. The largest absolute Gasteiger partial charge is 0.478 e. The van der Waals surface area contributed by atoms with E-state index in [1.54, 1.807) is 0 Å². The van der Waals surface area contributed by atoms with Gasteiger partial charge in [0.1, 0.15) is 17.3 Å². The molecule has 1 unspecified atom stereocenters. The number of aromatic carboxylic acids is 1. The molecule has 1 aromatic carbocycles. The van der Waals surface area contributed by atoms with E-state index in [1.165, 1.54) is 12.1 Å². The highest BCUT2D eigenvalue weighted by Gasteiger charge is 2.15. The van der Waals surface area contributed by atoms with Crippen LogP contribution in [0.5, 0.6) is 0 Å². The zero-order valence-electron chi connectivity index (χ0n) is 11.5. The molecule has 0 amide bonds. The van der Waals surface area contributed by atoms with Crippen LogP contribution in [0.3, 0.4) is 0 Å². The highest BCUT2D eigenvalue weighted by Crippen LogP contribution is 2.25. The van der Waals surface area contributed by atoms with Gasteiger partial charge in [0.05, 0.1) is 11.6 Å². The molecule has 1 aromatic heterocycles. The first kappa shape index (κ1) is 14.1. The molecule has 0 aliphatic heterocycles. The minimum absolute atomic E-state index is 0.0699. The predicted molar refractivity (Wildman–Crippen MR) is 73.6 cm³/mol. The number of halogens is 1. The smallest absolute Gasteiger partial charge is 0.338 e. The quantitative estimate of drug-likeness (QED) is 0.889. The maximum Gasteiger partial charge on any atom is 0.338 e. The molecule has 2 rings (SSSR count). The van der Waals surface area contributed by atoms with E-state index < -0.39 is 11.8 Å². The van der Waals surface area contributed by atoms with Crippen LogP contribution in [-0.2, 0) is 0 Å². The first-order chi connectivity index (χ1) is 9.38. The molecule has 0 spiro atoms. The summed E-state index contributed by atoms with van der Waals surface area (Å²) >= 11 is 0. The van der Waals surface area contributed by atoms with Crippen LogP contribution in [0.1, 0.15) is 40.4 Å². The average molecular weight is 277 g/mol. The molecule has 2 aromatic rings. The summed E-state index contributed by atoms with van der Waals surface area (Å²) in [5, 5.41) is 12.1. The third kappa shape index (κ3) is 2.82. The van der Waals surface area contributed by atoms with Crippen LogP contribution in [0.25, 0.3) is 0 Å². The number of carboxylic acids is 1. The molecule has 106 valence electrons. The van der Waals surface area contributed by atoms with E-state index >= 15 is 0 Å². The van der Waals surface area contributed by atoms with Gasteiger partial charge >= 0.3 is 5.97 Å². The molecule has 0 aliphatic carbocycles. The number of hydrogen-bond donors (Lipinski definition) is 2. The third-order valence-electron chi connectivity index (χ3n) is 3.13. The van der Waals surface area contributed by atoms with Crippen LogP contribution < -0.4 is 5.32 Å². The number of furan rings is 1.